The summed E-state index contributed by atoms with van der Waals surface area (Å²) < 4.78 is 5.18. The minimum Gasteiger partial charge on any atom is -0.322 e. The average molecular weight is 486 g/mol. The van der Waals surface area contributed by atoms with E-state index in [-0.39, 0.29) is 6.17 Å². The Morgan fingerprint density at radius 2 is 0.974 bits per heavy atom. The third kappa shape index (κ3) is 2.26. The van der Waals surface area contributed by atoms with Gasteiger partial charge in [0.25, 0.3) is 0 Å². The summed E-state index contributed by atoms with van der Waals surface area (Å²) in [6, 6.07) is 41.2. The summed E-state index contributed by atoms with van der Waals surface area (Å²) in [7, 11) is 0. The molecule has 0 radical (unpaired) electrons. The number of nitrogens with zero attached hydrogens (tertiary/aromatic N) is 3. The van der Waals surface area contributed by atoms with E-state index >= 15 is 0 Å². The number of rotatable bonds is 0. The summed E-state index contributed by atoms with van der Waals surface area (Å²) in [6.07, 6.45) is 5.32. The van der Waals surface area contributed by atoms with Crippen LogP contribution in [0.15, 0.2) is 121 Å². The maximum atomic E-state index is 2.67. The van der Waals surface area contributed by atoms with Crippen molar-refractivity contribution in [2.45, 2.75) is 18.4 Å². The third-order valence-corrected chi connectivity index (χ3v) is 9.15. The molecule has 0 aliphatic carbocycles. The molecule has 5 heterocycles. The van der Waals surface area contributed by atoms with Gasteiger partial charge in [0.15, 0.2) is 0 Å². The van der Waals surface area contributed by atoms with Gasteiger partial charge in [-0.05, 0) is 52.6 Å². The highest BCUT2D eigenvalue weighted by molar-refractivity contribution is 6.11. The number of hydrogen-bond acceptors (Lipinski definition) is 1. The molecule has 3 heteroatoms. The van der Waals surface area contributed by atoms with Crippen LogP contribution in [0.5, 0.6) is 0 Å². The molecule has 1 fully saturated rings. The Hall–Kier alpha value is -4.60. The first-order valence-corrected chi connectivity index (χ1v) is 13.5. The fourth-order valence-electron chi connectivity index (χ4n) is 7.49. The van der Waals surface area contributed by atoms with Crippen molar-refractivity contribution in [3.05, 3.63) is 121 Å². The number of benzene rings is 5. The van der Waals surface area contributed by atoms with Crippen molar-refractivity contribution in [3.63, 3.8) is 0 Å². The zero-order valence-electron chi connectivity index (χ0n) is 20.6. The van der Waals surface area contributed by atoms with Crippen LogP contribution in [0.25, 0.3) is 65.9 Å². The van der Waals surface area contributed by atoms with Gasteiger partial charge in [-0.15, -0.1) is 0 Å². The minimum absolute atomic E-state index is 0.179. The van der Waals surface area contributed by atoms with Gasteiger partial charge >= 0.3 is 0 Å². The molecule has 3 nitrogen and oxygen atoms in total. The largest absolute Gasteiger partial charge is 0.322 e. The first-order chi connectivity index (χ1) is 18.9. The second kappa shape index (κ2) is 6.63. The van der Waals surface area contributed by atoms with Crippen molar-refractivity contribution < 1.29 is 0 Å². The van der Waals surface area contributed by atoms with E-state index in [2.05, 4.69) is 135 Å². The van der Waals surface area contributed by atoms with E-state index < -0.39 is 0 Å². The maximum absolute atomic E-state index is 2.67. The Morgan fingerprint density at radius 1 is 0.447 bits per heavy atom. The summed E-state index contributed by atoms with van der Waals surface area (Å²) in [5.41, 5.74) is 10.3. The molecule has 1 saturated heterocycles. The fraction of sp³-hybridized carbons (Fsp3) is 0.0857. The van der Waals surface area contributed by atoms with Gasteiger partial charge in [0.05, 0.1) is 28.1 Å². The normalized spacial score (nSPS) is 22.6. The summed E-state index contributed by atoms with van der Waals surface area (Å²) in [5.74, 6) is 0. The highest BCUT2D eigenvalue weighted by Crippen LogP contribution is 2.55. The molecule has 0 N–H and O–H groups in total. The second-order valence-corrected chi connectivity index (χ2v) is 10.9. The molecule has 0 amide bonds. The lowest BCUT2D eigenvalue weighted by atomic mass is 9.93. The highest BCUT2D eigenvalue weighted by atomic mass is 15.5. The standard InChI is InChI=1S/C35H23N3/c1-2-8-24-22-14-16-28-26-10-4-6-12-30(26)37(33(28)20-22)35-31-17-18-34(38(31)35)36-29-11-5-3-9-25(29)27-15-13-21(19-32(27)36)23(24)7-1/h1-20,31,34-35H. The van der Waals surface area contributed by atoms with E-state index in [4.69, 9.17) is 0 Å². The van der Waals surface area contributed by atoms with E-state index in [1.165, 1.54) is 65.9 Å². The molecule has 3 aliphatic rings. The minimum atomic E-state index is 0.179. The molecule has 7 aromatic rings. The van der Waals surface area contributed by atoms with Crippen LogP contribution in [-0.2, 0) is 0 Å². The Morgan fingerprint density at radius 3 is 1.63 bits per heavy atom. The van der Waals surface area contributed by atoms with Crippen molar-refractivity contribution in [3.8, 4) is 22.3 Å². The van der Waals surface area contributed by atoms with Crippen LogP contribution in [0.1, 0.15) is 12.3 Å². The summed E-state index contributed by atoms with van der Waals surface area (Å²) in [6.45, 7) is 0. The molecule has 4 atom stereocenters. The smallest absolute Gasteiger partial charge is 0.109 e. The Balaban J connectivity index is 1.39. The van der Waals surface area contributed by atoms with E-state index in [0.29, 0.717) is 12.2 Å². The van der Waals surface area contributed by atoms with Crippen LogP contribution < -0.4 is 0 Å². The zero-order chi connectivity index (χ0) is 24.5. The van der Waals surface area contributed by atoms with E-state index in [1.54, 1.807) is 0 Å². The molecule has 0 spiro atoms. The Kier molecular flexibility index (Phi) is 3.40. The molecule has 178 valence electrons. The lowest BCUT2D eigenvalue weighted by Crippen LogP contribution is -2.16. The molecule has 38 heavy (non-hydrogen) atoms. The van der Waals surface area contributed by atoms with Gasteiger partial charge < -0.3 is 9.13 Å². The van der Waals surface area contributed by atoms with Gasteiger partial charge in [-0.1, -0.05) is 91.0 Å². The summed E-state index contributed by atoms with van der Waals surface area (Å²) >= 11 is 0. The van der Waals surface area contributed by atoms with Crippen LogP contribution in [0.3, 0.4) is 0 Å². The van der Waals surface area contributed by atoms with Crippen molar-refractivity contribution >= 4 is 43.6 Å². The zero-order valence-corrected chi connectivity index (χ0v) is 20.6. The predicted octanol–water partition coefficient (Wildman–Crippen LogP) is 8.50. The molecular weight excluding hydrogens is 462 g/mol. The van der Waals surface area contributed by atoms with Crippen LogP contribution in [0.4, 0.5) is 0 Å². The van der Waals surface area contributed by atoms with E-state index in [9.17, 15) is 0 Å². The summed E-state index contributed by atoms with van der Waals surface area (Å²) in [5, 5.41) is 5.31. The molecule has 4 unspecified atom stereocenters. The average Bonchev–Trinajstić information content (AvgIpc) is 3.24. The number of hydrogen-bond donors (Lipinski definition) is 0. The van der Waals surface area contributed by atoms with Gasteiger partial charge in [-0.2, -0.15) is 0 Å². The van der Waals surface area contributed by atoms with Gasteiger partial charge in [-0.3, -0.25) is 0 Å². The van der Waals surface area contributed by atoms with E-state index in [1.807, 2.05) is 0 Å². The lowest BCUT2D eigenvalue weighted by Gasteiger charge is -2.20. The third-order valence-electron chi connectivity index (χ3n) is 9.15. The van der Waals surface area contributed by atoms with Gasteiger partial charge in [0, 0.05) is 21.5 Å². The molecule has 10 rings (SSSR count). The van der Waals surface area contributed by atoms with Crippen molar-refractivity contribution in [1.82, 2.24) is 14.0 Å². The van der Waals surface area contributed by atoms with Crippen molar-refractivity contribution in [2.75, 3.05) is 0 Å². The molecule has 5 aromatic carbocycles. The Labute approximate surface area is 219 Å². The van der Waals surface area contributed by atoms with Gasteiger partial charge in [0.2, 0.25) is 0 Å². The van der Waals surface area contributed by atoms with Crippen LogP contribution in [0.2, 0.25) is 0 Å². The molecule has 2 aromatic heterocycles. The van der Waals surface area contributed by atoms with E-state index in [0.717, 1.165) is 0 Å². The number of para-hydroxylation sites is 2. The van der Waals surface area contributed by atoms with Crippen LogP contribution in [0, 0.1) is 0 Å². The first-order valence-electron chi connectivity index (χ1n) is 13.5. The predicted molar refractivity (Wildman–Crippen MR) is 156 cm³/mol. The second-order valence-electron chi connectivity index (χ2n) is 10.9. The molecular formula is C35H23N3. The highest BCUT2D eigenvalue weighted by Gasteiger charge is 2.55. The maximum Gasteiger partial charge on any atom is 0.109 e. The van der Waals surface area contributed by atoms with Crippen molar-refractivity contribution in [1.29, 1.82) is 0 Å². The number of fused-ring (bicyclic) bond motifs is 14. The van der Waals surface area contributed by atoms with Crippen LogP contribution in [-0.4, -0.2) is 20.1 Å². The lowest BCUT2D eigenvalue weighted by molar-refractivity contribution is 0.338. The first kappa shape index (κ1) is 19.5. The number of aromatic nitrogens is 2. The van der Waals surface area contributed by atoms with Gasteiger partial charge in [0.1, 0.15) is 12.3 Å². The summed E-state index contributed by atoms with van der Waals surface area (Å²) in [4.78, 5) is 2.67. The SMILES string of the molecule is C1=CC2N3C1C3n1c3ccccc3c3ccc(cc31)-c1ccccc1-c1ccc3c4ccccc4n2c3c1. The Bertz CT molecular complexity index is 2180. The molecule has 3 aliphatic heterocycles. The van der Waals surface area contributed by atoms with Gasteiger partial charge in [-0.25, -0.2) is 4.90 Å². The topological polar surface area (TPSA) is 12.9 Å². The monoisotopic (exact) mass is 485 g/mol. The quantitative estimate of drug-likeness (QED) is 0.155. The fourth-order valence-corrected chi connectivity index (χ4v) is 7.49. The molecule has 0 saturated carbocycles. The van der Waals surface area contributed by atoms with Crippen molar-refractivity contribution in [2.24, 2.45) is 0 Å². The molecule has 4 bridgehead atoms. The van der Waals surface area contributed by atoms with Crippen LogP contribution >= 0.6 is 0 Å².